The van der Waals surface area contributed by atoms with Gasteiger partial charge in [0, 0.05) is 38.8 Å². The first-order chi connectivity index (χ1) is 12.8. The molecule has 0 radical (unpaired) electrons. The topological polar surface area (TPSA) is 75.1 Å². The number of aliphatic hydroxyl groups is 1. The van der Waals surface area contributed by atoms with Crippen molar-refractivity contribution in [2.45, 2.75) is 32.7 Å². The monoisotopic (exact) mass is 391 g/mol. The van der Waals surface area contributed by atoms with Gasteiger partial charge in [-0.2, -0.15) is 0 Å². The number of hydrogen-bond acceptors (Lipinski definition) is 4. The van der Waals surface area contributed by atoms with Gasteiger partial charge in [0.05, 0.1) is 6.61 Å². The second-order valence-corrected chi connectivity index (χ2v) is 6.16. The number of nitrogens with one attached hydrogen (secondary N) is 2. The van der Waals surface area contributed by atoms with Crippen LogP contribution in [0.4, 0.5) is 13.2 Å². The predicted molar refractivity (Wildman–Crippen MR) is 97.9 cm³/mol. The highest BCUT2D eigenvalue weighted by molar-refractivity contribution is 5.80. The molecule has 0 aliphatic rings. The number of alkyl halides is 3. The van der Waals surface area contributed by atoms with Crippen molar-refractivity contribution in [3.63, 3.8) is 0 Å². The van der Waals surface area contributed by atoms with E-state index >= 15 is 0 Å². The van der Waals surface area contributed by atoms with E-state index in [0.29, 0.717) is 32.1 Å². The second-order valence-electron chi connectivity index (χ2n) is 6.16. The summed E-state index contributed by atoms with van der Waals surface area (Å²) in [4.78, 5) is 4.47. The molecule has 1 rings (SSSR count). The molecule has 1 aromatic rings. The molecule has 27 heavy (non-hydrogen) atoms. The van der Waals surface area contributed by atoms with Crippen LogP contribution in [0.3, 0.4) is 0 Å². The molecule has 0 aliphatic heterocycles. The fraction of sp³-hybridized carbons (Fsp3) is 0.611. The van der Waals surface area contributed by atoms with Crippen molar-refractivity contribution in [3.8, 4) is 5.75 Å². The summed E-state index contributed by atoms with van der Waals surface area (Å²) < 4.78 is 45.5. The fourth-order valence-corrected chi connectivity index (χ4v) is 2.41. The Hall–Kier alpha value is -2.00. The lowest BCUT2D eigenvalue weighted by atomic mass is 10.0. The summed E-state index contributed by atoms with van der Waals surface area (Å²) in [6.07, 6.45) is -4.22. The first kappa shape index (κ1) is 23.0. The number of methoxy groups -OCH3 is 1. The quantitative estimate of drug-likeness (QED) is 0.422. The lowest BCUT2D eigenvalue weighted by Gasteiger charge is -2.18. The van der Waals surface area contributed by atoms with Gasteiger partial charge in [-0.05, 0) is 38.0 Å². The Morgan fingerprint density at radius 2 is 1.93 bits per heavy atom. The van der Waals surface area contributed by atoms with E-state index in [2.05, 4.69) is 20.4 Å². The minimum atomic E-state index is -4.71. The zero-order chi connectivity index (χ0) is 20.3. The number of rotatable bonds is 10. The summed E-state index contributed by atoms with van der Waals surface area (Å²) in [5.41, 5.74) is 0.796. The highest BCUT2D eigenvalue weighted by atomic mass is 19.4. The minimum absolute atomic E-state index is 0.0709. The molecule has 0 saturated heterocycles. The third-order valence-electron chi connectivity index (χ3n) is 3.59. The summed E-state index contributed by atoms with van der Waals surface area (Å²) in [5.74, 6) is 0.192. The maximum Gasteiger partial charge on any atom is 0.573 e. The standard InChI is InChI=1S/C18H28F3N3O3/c1-4-22-17(24-13(2)12-26-3)23-10-15(11-25)9-14-5-7-16(8-6-14)27-18(19,20)21/h5-8,13,15,25H,4,9-12H2,1-3H3,(H2,22,23,24). The first-order valence-corrected chi connectivity index (χ1v) is 8.76. The molecule has 3 N–H and O–H groups in total. The zero-order valence-corrected chi connectivity index (χ0v) is 15.8. The van der Waals surface area contributed by atoms with Gasteiger partial charge in [-0.1, -0.05) is 12.1 Å². The van der Waals surface area contributed by atoms with Crippen LogP contribution in [0.1, 0.15) is 19.4 Å². The number of aliphatic imine (C=N–C) groups is 1. The number of hydrogen-bond donors (Lipinski definition) is 3. The Morgan fingerprint density at radius 1 is 1.26 bits per heavy atom. The van der Waals surface area contributed by atoms with Crippen LogP contribution in [-0.4, -0.2) is 56.9 Å². The molecule has 0 aromatic heterocycles. The number of halogens is 3. The number of aliphatic hydroxyl groups excluding tert-OH is 1. The largest absolute Gasteiger partial charge is 0.573 e. The van der Waals surface area contributed by atoms with Crippen molar-refractivity contribution >= 4 is 5.96 Å². The van der Waals surface area contributed by atoms with Crippen molar-refractivity contribution < 1.29 is 27.8 Å². The van der Waals surface area contributed by atoms with Crippen molar-refractivity contribution in [1.82, 2.24) is 10.6 Å². The Morgan fingerprint density at radius 3 is 2.44 bits per heavy atom. The lowest BCUT2D eigenvalue weighted by molar-refractivity contribution is -0.274. The molecule has 0 bridgehead atoms. The van der Waals surface area contributed by atoms with Crippen LogP contribution in [0, 0.1) is 5.92 Å². The summed E-state index contributed by atoms with van der Waals surface area (Å²) in [6, 6.07) is 5.70. The third kappa shape index (κ3) is 10.0. The van der Waals surface area contributed by atoms with E-state index in [0.717, 1.165) is 5.56 Å². The van der Waals surface area contributed by atoms with Gasteiger partial charge in [-0.15, -0.1) is 13.2 Å². The second kappa shape index (κ2) is 11.7. The molecular weight excluding hydrogens is 363 g/mol. The molecule has 2 unspecified atom stereocenters. The minimum Gasteiger partial charge on any atom is -0.406 e. The molecule has 9 heteroatoms. The number of ether oxygens (including phenoxy) is 2. The van der Waals surface area contributed by atoms with Crippen molar-refractivity contribution in [1.29, 1.82) is 0 Å². The van der Waals surface area contributed by atoms with Gasteiger partial charge in [0.15, 0.2) is 5.96 Å². The van der Waals surface area contributed by atoms with Crippen molar-refractivity contribution in [2.24, 2.45) is 10.9 Å². The van der Waals surface area contributed by atoms with Crippen LogP contribution in [0.2, 0.25) is 0 Å². The highest BCUT2D eigenvalue weighted by Gasteiger charge is 2.30. The molecule has 0 heterocycles. The third-order valence-corrected chi connectivity index (χ3v) is 3.59. The highest BCUT2D eigenvalue weighted by Crippen LogP contribution is 2.23. The average molecular weight is 391 g/mol. The molecule has 6 nitrogen and oxygen atoms in total. The van der Waals surface area contributed by atoms with Crippen LogP contribution in [0.15, 0.2) is 29.3 Å². The fourth-order valence-electron chi connectivity index (χ4n) is 2.41. The van der Waals surface area contributed by atoms with E-state index in [4.69, 9.17) is 4.74 Å². The molecule has 0 fully saturated rings. The normalized spacial score (nSPS) is 14.6. The first-order valence-electron chi connectivity index (χ1n) is 8.76. The van der Waals surface area contributed by atoms with Gasteiger partial charge < -0.3 is 25.2 Å². The van der Waals surface area contributed by atoms with E-state index in [9.17, 15) is 18.3 Å². The smallest absolute Gasteiger partial charge is 0.406 e. The number of guanidine groups is 1. The molecule has 0 amide bonds. The van der Waals surface area contributed by atoms with E-state index in [1.807, 2.05) is 13.8 Å². The van der Waals surface area contributed by atoms with Crippen LogP contribution >= 0.6 is 0 Å². The average Bonchev–Trinajstić information content (AvgIpc) is 2.59. The lowest BCUT2D eigenvalue weighted by Crippen LogP contribution is -2.44. The summed E-state index contributed by atoms with van der Waals surface area (Å²) in [5, 5.41) is 15.9. The Balaban J connectivity index is 2.65. The van der Waals surface area contributed by atoms with Gasteiger partial charge in [0.25, 0.3) is 0 Å². The summed E-state index contributed by atoms with van der Waals surface area (Å²) >= 11 is 0. The van der Waals surface area contributed by atoms with E-state index in [-0.39, 0.29) is 24.3 Å². The van der Waals surface area contributed by atoms with Gasteiger partial charge >= 0.3 is 6.36 Å². The van der Waals surface area contributed by atoms with Crippen LogP contribution < -0.4 is 15.4 Å². The SMILES string of the molecule is CCNC(=NCC(CO)Cc1ccc(OC(F)(F)F)cc1)NC(C)COC. The molecule has 0 saturated carbocycles. The van der Waals surface area contributed by atoms with Gasteiger partial charge in [-0.25, -0.2) is 0 Å². The Bertz CT molecular complexity index is 565. The van der Waals surface area contributed by atoms with Crippen molar-refractivity contribution in [3.05, 3.63) is 29.8 Å². The van der Waals surface area contributed by atoms with Gasteiger partial charge in [-0.3, -0.25) is 4.99 Å². The van der Waals surface area contributed by atoms with E-state index in [1.54, 1.807) is 19.2 Å². The Kier molecular flexibility index (Phi) is 9.95. The predicted octanol–water partition coefficient (Wildman–Crippen LogP) is 2.33. The molecular formula is C18H28F3N3O3. The number of benzene rings is 1. The summed E-state index contributed by atoms with van der Waals surface area (Å²) in [6.45, 7) is 5.41. The molecule has 0 aliphatic carbocycles. The maximum atomic E-state index is 12.2. The molecule has 0 spiro atoms. The number of nitrogens with zero attached hydrogens (tertiary/aromatic N) is 1. The maximum absolute atomic E-state index is 12.2. The van der Waals surface area contributed by atoms with Gasteiger partial charge in [0.2, 0.25) is 0 Å². The summed E-state index contributed by atoms with van der Waals surface area (Å²) in [7, 11) is 1.62. The van der Waals surface area contributed by atoms with Gasteiger partial charge in [0.1, 0.15) is 5.75 Å². The molecule has 1 aromatic carbocycles. The van der Waals surface area contributed by atoms with Crippen LogP contribution in [0.5, 0.6) is 5.75 Å². The van der Waals surface area contributed by atoms with E-state index in [1.165, 1.54) is 12.1 Å². The van der Waals surface area contributed by atoms with Crippen molar-refractivity contribution in [2.75, 3.05) is 33.4 Å². The molecule has 2 atom stereocenters. The zero-order valence-electron chi connectivity index (χ0n) is 15.8. The Labute approximate surface area is 157 Å². The van der Waals surface area contributed by atoms with Crippen LogP contribution in [0.25, 0.3) is 0 Å². The van der Waals surface area contributed by atoms with E-state index < -0.39 is 6.36 Å². The van der Waals surface area contributed by atoms with Crippen LogP contribution in [-0.2, 0) is 11.2 Å². The molecule has 154 valence electrons.